The van der Waals surface area contributed by atoms with Gasteiger partial charge in [0.1, 0.15) is 0 Å². The number of carbonyl (C=O) groups is 1. The Hall–Kier alpha value is -2.43. The smallest absolute Gasteiger partial charge is 0.227 e. The lowest BCUT2D eigenvalue weighted by atomic mass is 9.95. The molecule has 0 saturated carbocycles. The molecule has 5 nitrogen and oxygen atoms in total. The predicted octanol–water partition coefficient (Wildman–Crippen LogP) is 4.46. The first-order chi connectivity index (χ1) is 13.0. The molecule has 1 aliphatic rings. The number of rotatable bonds is 5. The van der Waals surface area contributed by atoms with Gasteiger partial charge < -0.3 is 10.2 Å². The third-order valence-corrected chi connectivity index (χ3v) is 5.48. The maximum absolute atomic E-state index is 12.6. The molecule has 1 N–H and O–H groups in total. The lowest BCUT2D eigenvalue weighted by Crippen LogP contribution is -2.39. The van der Waals surface area contributed by atoms with Crippen molar-refractivity contribution in [3.05, 3.63) is 47.3 Å². The number of aromatic nitrogens is 2. The van der Waals surface area contributed by atoms with Gasteiger partial charge in [0.05, 0.1) is 0 Å². The summed E-state index contributed by atoms with van der Waals surface area (Å²) in [5, 5.41) is 3.08. The average molecular weight is 367 g/mol. The van der Waals surface area contributed by atoms with Gasteiger partial charge in [-0.3, -0.25) is 4.79 Å². The molecule has 2 heterocycles. The minimum absolute atomic E-state index is 0.0430. The zero-order valence-corrected chi connectivity index (χ0v) is 16.8. The van der Waals surface area contributed by atoms with Crippen LogP contribution >= 0.6 is 0 Å². The number of piperidine rings is 1. The molecule has 1 unspecified atom stereocenters. The van der Waals surface area contributed by atoms with Gasteiger partial charge in [0.25, 0.3) is 0 Å². The van der Waals surface area contributed by atoms with Crippen LogP contribution < -0.4 is 10.2 Å². The van der Waals surface area contributed by atoms with Crippen LogP contribution in [0.5, 0.6) is 0 Å². The predicted molar refractivity (Wildman–Crippen MR) is 110 cm³/mol. The van der Waals surface area contributed by atoms with Gasteiger partial charge in [0.2, 0.25) is 11.9 Å². The molecule has 1 saturated heterocycles. The van der Waals surface area contributed by atoms with E-state index in [1.54, 1.807) is 0 Å². The Balaban J connectivity index is 1.55. The van der Waals surface area contributed by atoms with Crippen LogP contribution in [0.3, 0.4) is 0 Å². The van der Waals surface area contributed by atoms with Crippen molar-refractivity contribution in [2.24, 2.45) is 5.92 Å². The quantitative estimate of drug-likeness (QED) is 0.849. The van der Waals surface area contributed by atoms with E-state index in [9.17, 15) is 4.79 Å². The van der Waals surface area contributed by atoms with E-state index >= 15 is 0 Å². The SMILES string of the molecule is CCC(C)c1ccc(NC(=O)C2CCN(c3nc(C)cc(C)n3)CC2)cc1. The van der Waals surface area contributed by atoms with Gasteiger partial charge in [-0.15, -0.1) is 0 Å². The summed E-state index contributed by atoms with van der Waals surface area (Å²) in [6.07, 6.45) is 2.77. The van der Waals surface area contributed by atoms with Crippen LogP contribution in [0, 0.1) is 19.8 Å². The zero-order chi connectivity index (χ0) is 19.4. The van der Waals surface area contributed by atoms with E-state index in [0.29, 0.717) is 5.92 Å². The van der Waals surface area contributed by atoms with E-state index in [0.717, 1.165) is 55.4 Å². The fourth-order valence-electron chi connectivity index (χ4n) is 3.57. The summed E-state index contributed by atoms with van der Waals surface area (Å²) in [6.45, 7) is 10.0. The highest BCUT2D eigenvalue weighted by Crippen LogP contribution is 2.24. The van der Waals surface area contributed by atoms with Crippen molar-refractivity contribution in [2.75, 3.05) is 23.3 Å². The summed E-state index contributed by atoms with van der Waals surface area (Å²) in [4.78, 5) is 23.9. The molecule has 5 heteroatoms. The van der Waals surface area contributed by atoms with E-state index in [1.165, 1.54) is 5.56 Å². The number of benzene rings is 1. The normalized spacial score (nSPS) is 16.2. The zero-order valence-electron chi connectivity index (χ0n) is 16.8. The highest BCUT2D eigenvalue weighted by Gasteiger charge is 2.26. The topological polar surface area (TPSA) is 58.1 Å². The number of amides is 1. The highest BCUT2D eigenvalue weighted by atomic mass is 16.1. The largest absolute Gasteiger partial charge is 0.341 e. The van der Waals surface area contributed by atoms with Crippen LogP contribution in [0.25, 0.3) is 0 Å². The third-order valence-electron chi connectivity index (χ3n) is 5.48. The minimum Gasteiger partial charge on any atom is -0.341 e. The molecule has 1 amide bonds. The van der Waals surface area contributed by atoms with Crippen molar-refractivity contribution in [3.63, 3.8) is 0 Å². The lowest BCUT2D eigenvalue weighted by Gasteiger charge is -2.31. The Kier molecular flexibility index (Phi) is 6.09. The van der Waals surface area contributed by atoms with Gasteiger partial charge in [0.15, 0.2) is 0 Å². The fraction of sp³-hybridized carbons (Fsp3) is 0.500. The van der Waals surface area contributed by atoms with Crippen molar-refractivity contribution < 1.29 is 4.79 Å². The first-order valence-electron chi connectivity index (χ1n) is 9.94. The standard InChI is InChI=1S/C22H30N4O/c1-5-15(2)18-6-8-20(9-7-18)25-21(27)19-10-12-26(13-11-19)22-23-16(3)14-17(4)24-22/h6-9,14-15,19H,5,10-13H2,1-4H3,(H,25,27). The van der Waals surface area contributed by atoms with Crippen molar-refractivity contribution in [2.45, 2.75) is 52.9 Å². The lowest BCUT2D eigenvalue weighted by molar-refractivity contribution is -0.120. The maximum Gasteiger partial charge on any atom is 0.227 e. The summed E-state index contributed by atoms with van der Waals surface area (Å²) in [5.74, 6) is 1.49. The van der Waals surface area contributed by atoms with Crippen molar-refractivity contribution in [1.29, 1.82) is 0 Å². The average Bonchev–Trinajstić information content (AvgIpc) is 2.67. The molecule has 0 spiro atoms. The van der Waals surface area contributed by atoms with Gasteiger partial charge in [-0.25, -0.2) is 9.97 Å². The monoisotopic (exact) mass is 366 g/mol. The second-order valence-corrected chi connectivity index (χ2v) is 7.63. The second-order valence-electron chi connectivity index (χ2n) is 7.63. The molecule has 0 radical (unpaired) electrons. The van der Waals surface area contributed by atoms with Crippen molar-refractivity contribution >= 4 is 17.5 Å². The molecule has 1 aliphatic heterocycles. The van der Waals surface area contributed by atoms with E-state index < -0.39 is 0 Å². The Morgan fingerprint density at radius 2 is 1.74 bits per heavy atom. The van der Waals surface area contributed by atoms with E-state index in [2.05, 4.69) is 46.2 Å². The first-order valence-corrected chi connectivity index (χ1v) is 9.94. The molecule has 27 heavy (non-hydrogen) atoms. The van der Waals surface area contributed by atoms with Crippen LogP contribution in [-0.2, 0) is 4.79 Å². The van der Waals surface area contributed by atoms with Gasteiger partial charge >= 0.3 is 0 Å². The Morgan fingerprint density at radius 3 is 2.30 bits per heavy atom. The molecule has 1 atom stereocenters. The maximum atomic E-state index is 12.6. The number of carbonyl (C=O) groups excluding carboxylic acids is 1. The Bertz CT molecular complexity index is 759. The Labute approximate surface area is 162 Å². The highest BCUT2D eigenvalue weighted by molar-refractivity contribution is 5.92. The molecule has 144 valence electrons. The van der Waals surface area contributed by atoms with Gasteiger partial charge in [-0.05, 0) is 62.8 Å². The number of nitrogens with one attached hydrogen (secondary N) is 1. The summed E-state index contributed by atoms with van der Waals surface area (Å²) in [7, 11) is 0. The summed E-state index contributed by atoms with van der Waals surface area (Å²) >= 11 is 0. The molecule has 1 aromatic heterocycles. The molecule has 0 bridgehead atoms. The minimum atomic E-state index is 0.0430. The number of aryl methyl sites for hydroxylation is 2. The van der Waals surface area contributed by atoms with Crippen LogP contribution in [0.2, 0.25) is 0 Å². The fourth-order valence-corrected chi connectivity index (χ4v) is 3.57. The van der Waals surface area contributed by atoms with E-state index in [1.807, 2.05) is 32.0 Å². The number of hydrogen-bond donors (Lipinski definition) is 1. The molecular formula is C22H30N4O. The summed E-state index contributed by atoms with van der Waals surface area (Å²) < 4.78 is 0. The van der Waals surface area contributed by atoms with Gasteiger partial charge in [0, 0.05) is 36.1 Å². The van der Waals surface area contributed by atoms with Crippen LogP contribution in [0.1, 0.15) is 56.0 Å². The van der Waals surface area contributed by atoms with Crippen molar-refractivity contribution in [1.82, 2.24) is 9.97 Å². The van der Waals surface area contributed by atoms with Gasteiger partial charge in [-0.1, -0.05) is 26.0 Å². The molecule has 1 aromatic carbocycles. The number of nitrogens with zero attached hydrogens (tertiary/aromatic N) is 3. The van der Waals surface area contributed by atoms with Crippen LogP contribution in [0.15, 0.2) is 30.3 Å². The van der Waals surface area contributed by atoms with E-state index in [4.69, 9.17) is 0 Å². The third kappa shape index (κ3) is 4.85. The van der Waals surface area contributed by atoms with Crippen molar-refractivity contribution in [3.8, 4) is 0 Å². The molecular weight excluding hydrogens is 336 g/mol. The van der Waals surface area contributed by atoms with Crippen LogP contribution in [-0.4, -0.2) is 29.0 Å². The number of anilines is 2. The van der Waals surface area contributed by atoms with E-state index in [-0.39, 0.29) is 11.8 Å². The Morgan fingerprint density at radius 1 is 1.15 bits per heavy atom. The summed E-state index contributed by atoms with van der Waals surface area (Å²) in [6, 6.07) is 10.2. The second kappa shape index (κ2) is 8.51. The molecule has 1 fully saturated rings. The number of hydrogen-bond acceptors (Lipinski definition) is 4. The summed E-state index contributed by atoms with van der Waals surface area (Å²) in [5.41, 5.74) is 4.17. The molecule has 0 aliphatic carbocycles. The van der Waals surface area contributed by atoms with Crippen LogP contribution in [0.4, 0.5) is 11.6 Å². The molecule has 2 aromatic rings. The first kappa shape index (κ1) is 19.3. The van der Waals surface area contributed by atoms with Gasteiger partial charge in [-0.2, -0.15) is 0 Å². The molecule has 3 rings (SSSR count).